The summed E-state index contributed by atoms with van der Waals surface area (Å²) in [5.74, 6) is 1.72. The van der Waals surface area contributed by atoms with Crippen molar-refractivity contribution in [3.05, 3.63) is 90.3 Å². The molecule has 0 fully saturated rings. The predicted octanol–water partition coefficient (Wildman–Crippen LogP) is 5.38. The number of amides is 1. The summed E-state index contributed by atoms with van der Waals surface area (Å²) in [4.78, 5) is 17.6. The van der Waals surface area contributed by atoms with E-state index in [0.717, 1.165) is 28.0 Å². The van der Waals surface area contributed by atoms with E-state index in [2.05, 4.69) is 19.2 Å². The van der Waals surface area contributed by atoms with E-state index in [9.17, 15) is 4.79 Å². The number of aromatic nitrogens is 2. The number of carbonyl (C=O) groups excluding carboxylic acids is 1. The third-order valence-electron chi connectivity index (χ3n) is 5.00. The summed E-state index contributed by atoms with van der Waals surface area (Å²) < 4.78 is 7.82. The smallest absolute Gasteiger partial charge is 0.244 e. The Morgan fingerprint density at radius 2 is 1.67 bits per heavy atom. The Bertz CT molecular complexity index is 1150. The summed E-state index contributed by atoms with van der Waals surface area (Å²) in [6.45, 7) is 4.69. The maximum absolute atomic E-state index is 12.9. The lowest BCUT2D eigenvalue weighted by atomic mass is 10.0. The fraction of sp³-hybridized carbons (Fsp3) is 0.200. The van der Waals surface area contributed by atoms with Crippen LogP contribution in [0.2, 0.25) is 0 Å². The average Bonchev–Trinajstić information content (AvgIpc) is 3.10. The summed E-state index contributed by atoms with van der Waals surface area (Å²) in [7, 11) is 0. The maximum Gasteiger partial charge on any atom is 0.244 e. The van der Waals surface area contributed by atoms with Gasteiger partial charge in [0.1, 0.15) is 24.7 Å². The van der Waals surface area contributed by atoms with Crippen LogP contribution in [0.1, 0.15) is 31.2 Å². The van der Waals surface area contributed by atoms with Crippen molar-refractivity contribution in [3.63, 3.8) is 0 Å². The SMILES string of the molecule is CC(C)c1ccccc1NC(=O)Cn1c(COc2ccccc2)nc2ccccc21. The van der Waals surface area contributed by atoms with Crippen LogP contribution in [0.4, 0.5) is 5.69 Å². The number of nitrogens with zero attached hydrogens (tertiary/aromatic N) is 2. The van der Waals surface area contributed by atoms with Crippen LogP contribution >= 0.6 is 0 Å². The van der Waals surface area contributed by atoms with Gasteiger partial charge in [0.05, 0.1) is 11.0 Å². The number of hydrogen-bond acceptors (Lipinski definition) is 3. The average molecular weight is 399 g/mol. The van der Waals surface area contributed by atoms with Gasteiger partial charge in [0.25, 0.3) is 0 Å². The van der Waals surface area contributed by atoms with Crippen LogP contribution in [0.5, 0.6) is 5.75 Å². The molecule has 5 heteroatoms. The zero-order valence-corrected chi connectivity index (χ0v) is 17.2. The van der Waals surface area contributed by atoms with Crippen LogP contribution in [0, 0.1) is 0 Å². The van der Waals surface area contributed by atoms with Gasteiger partial charge in [-0.25, -0.2) is 4.98 Å². The number of hydrogen-bond donors (Lipinski definition) is 1. The van der Waals surface area contributed by atoms with E-state index < -0.39 is 0 Å². The highest BCUT2D eigenvalue weighted by Crippen LogP contribution is 2.24. The molecule has 0 saturated heterocycles. The summed E-state index contributed by atoms with van der Waals surface area (Å²) >= 11 is 0. The first-order chi connectivity index (χ1) is 14.6. The summed E-state index contributed by atoms with van der Waals surface area (Å²) in [6.07, 6.45) is 0. The minimum Gasteiger partial charge on any atom is -0.486 e. The number of fused-ring (bicyclic) bond motifs is 1. The third kappa shape index (κ3) is 4.35. The van der Waals surface area contributed by atoms with E-state index in [1.807, 2.05) is 83.4 Å². The van der Waals surface area contributed by atoms with Crippen LogP contribution in [-0.2, 0) is 17.9 Å². The van der Waals surface area contributed by atoms with Crippen molar-refractivity contribution < 1.29 is 9.53 Å². The minimum absolute atomic E-state index is 0.0905. The van der Waals surface area contributed by atoms with Crippen molar-refractivity contribution in [1.29, 1.82) is 0 Å². The van der Waals surface area contributed by atoms with Crippen LogP contribution in [0.3, 0.4) is 0 Å². The van der Waals surface area contributed by atoms with E-state index in [4.69, 9.17) is 9.72 Å². The van der Waals surface area contributed by atoms with Gasteiger partial charge in [-0.2, -0.15) is 0 Å². The monoisotopic (exact) mass is 399 g/mol. The summed E-state index contributed by atoms with van der Waals surface area (Å²) in [5.41, 5.74) is 3.73. The largest absolute Gasteiger partial charge is 0.486 e. The lowest BCUT2D eigenvalue weighted by molar-refractivity contribution is -0.116. The Labute approximate surface area is 176 Å². The van der Waals surface area contributed by atoms with Gasteiger partial charge < -0.3 is 14.6 Å². The molecule has 0 spiro atoms. The van der Waals surface area contributed by atoms with Gasteiger partial charge in [-0.15, -0.1) is 0 Å². The third-order valence-corrected chi connectivity index (χ3v) is 5.00. The second-order valence-corrected chi connectivity index (χ2v) is 7.49. The van der Waals surface area contributed by atoms with Crippen LogP contribution < -0.4 is 10.1 Å². The van der Waals surface area contributed by atoms with Gasteiger partial charge in [-0.1, -0.05) is 62.4 Å². The summed E-state index contributed by atoms with van der Waals surface area (Å²) in [6, 6.07) is 25.4. The molecule has 4 rings (SSSR count). The van der Waals surface area contributed by atoms with Crippen molar-refractivity contribution in [3.8, 4) is 5.75 Å². The number of rotatable bonds is 7. The molecule has 5 nitrogen and oxygen atoms in total. The fourth-order valence-corrected chi connectivity index (χ4v) is 3.52. The number of imidazole rings is 1. The molecule has 1 amide bonds. The molecule has 0 bridgehead atoms. The molecule has 1 N–H and O–H groups in total. The molecule has 0 radical (unpaired) electrons. The molecule has 4 aromatic rings. The maximum atomic E-state index is 12.9. The molecule has 1 aromatic heterocycles. The standard InChI is InChI=1S/C25H25N3O2/c1-18(2)20-12-6-7-13-21(20)27-25(29)16-28-23-15-9-8-14-22(23)26-24(28)17-30-19-10-4-3-5-11-19/h3-15,18H,16-17H2,1-2H3,(H,27,29). The van der Waals surface area contributed by atoms with E-state index in [-0.39, 0.29) is 19.1 Å². The highest BCUT2D eigenvalue weighted by atomic mass is 16.5. The number of nitrogens with one attached hydrogen (secondary N) is 1. The van der Waals surface area contributed by atoms with Crippen molar-refractivity contribution >= 4 is 22.6 Å². The molecule has 0 aliphatic rings. The van der Waals surface area contributed by atoms with E-state index in [1.165, 1.54) is 0 Å². The van der Waals surface area contributed by atoms with Gasteiger partial charge in [-0.3, -0.25) is 4.79 Å². The lowest BCUT2D eigenvalue weighted by Gasteiger charge is -2.15. The first kappa shape index (κ1) is 19.7. The van der Waals surface area contributed by atoms with Crippen molar-refractivity contribution in [2.45, 2.75) is 32.9 Å². The van der Waals surface area contributed by atoms with Gasteiger partial charge in [0.15, 0.2) is 0 Å². The van der Waals surface area contributed by atoms with E-state index in [0.29, 0.717) is 11.7 Å². The van der Waals surface area contributed by atoms with Crippen LogP contribution in [0.15, 0.2) is 78.9 Å². The Morgan fingerprint density at radius 3 is 2.47 bits per heavy atom. The Morgan fingerprint density at radius 1 is 0.967 bits per heavy atom. The zero-order chi connectivity index (χ0) is 20.9. The molecule has 30 heavy (non-hydrogen) atoms. The molecule has 3 aromatic carbocycles. The molecule has 0 unspecified atom stereocenters. The first-order valence-corrected chi connectivity index (χ1v) is 10.1. The molecular weight excluding hydrogens is 374 g/mol. The molecule has 0 atom stereocenters. The molecule has 1 heterocycles. The van der Waals surface area contributed by atoms with Gasteiger partial charge >= 0.3 is 0 Å². The Balaban J connectivity index is 1.57. The van der Waals surface area contributed by atoms with E-state index in [1.54, 1.807) is 0 Å². The molecule has 0 aliphatic carbocycles. The zero-order valence-electron chi connectivity index (χ0n) is 17.2. The summed E-state index contributed by atoms with van der Waals surface area (Å²) in [5, 5.41) is 3.07. The number of anilines is 1. The highest BCUT2D eigenvalue weighted by molar-refractivity contribution is 5.92. The number of ether oxygens (including phenoxy) is 1. The van der Waals surface area contributed by atoms with Crippen molar-refractivity contribution in [2.24, 2.45) is 0 Å². The second-order valence-electron chi connectivity index (χ2n) is 7.49. The number of carbonyl (C=O) groups is 1. The molecule has 0 saturated carbocycles. The van der Waals surface area contributed by atoms with Gasteiger partial charge in [-0.05, 0) is 41.8 Å². The molecule has 0 aliphatic heterocycles. The Kier molecular flexibility index (Phi) is 5.80. The van der Waals surface area contributed by atoms with Crippen LogP contribution in [0.25, 0.3) is 11.0 Å². The fourth-order valence-electron chi connectivity index (χ4n) is 3.52. The number of para-hydroxylation sites is 4. The lowest BCUT2D eigenvalue weighted by Crippen LogP contribution is -2.21. The number of benzene rings is 3. The second kappa shape index (κ2) is 8.82. The quantitative estimate of drug-likeness (QED) is 0.454. The first-order valence-electron chi connectivity index (χ1n) is 10.1. The highest BCUT2D eigenvalue weighted by Gasteiger charge is 2.15. The topological polar surface area (TPSA) is 56.2 Å². The van der Waals surface area contributed by atoms with Crippen LogP contribution in [-0.4, -0.2) is 15.5 Å². The van der Waals surface area contributed by atoms with Gasteiger partial charge in [0, 0.05) is 5.69 Å². The van der Waals surface area contributed by atoms with Crippen molar-refractivity contribution in [1.82, 2.24) is 9.55 Å². The van der Waals surface area contributed by atoms with E-state index >= 15 is 0 Å². The molecule has 152 valence electrons. The molecular formula is C25H25N3O2. The minimum atomic E-state index is -0.0905. The van der Waals surface area contributed by atoms with Gasteiger partial charge in [0.2, 0.25) is 5.91 Å². The van der Waals surface area contributed by atoms with Crippen molar-refractivity contribution in [2.75, 3.05) is 5.32 Å². The normalized spacial score (nSPS) is 11.0. The Hall–Kier alpha value is -3.60. The predicted molar refractivity (Wildman–Crippen MR) is 120 cm³/mol.